The van der Waals surface area contributed by atoms with Gasteiger partial charge in [-0.25, -0.2) is 0 Å². The Hall–Kier alpha value is -1.88. The van der Waals surface area contributed by atoms with Crippen LogP contribution < -0.4 is 5.48 Å². The summed E-state index contributed by atoms with van der Waals surface area (Å²) < 4.78 is 4.96. The number of esters is 1. The number of ether oxygens (including phenoxy) is 1. The molecule has 0 aliphatic rings. The fraction of sp³-hybridized carbons (Fsp3) is 0.273. The molecule has 5 nitrogen and oxygen atoms in total. The van der Waals surface area contributed by atoms with E-state index in [1.54, 1.807) is 24.3 Å². The molecule has 1 atom stereocenters. The lowest BCUT2D eigenvalue weighted by Crippen LogP contribution is -2.27. The Bertz CT molecular complexity index is 364. The van der Waals surface area contributed by atoms with Crippen LogP contribution in [0, 0.1) is 0 Å². The van der Waals surface area contributed by atoms with Crippen LogP contribution in [0.25, 0.3) is 0 Å². The van der Waals surface area contributed by atoms with Crippen molar-refractivity contribution in [3.63, 3.8) is 0 Å². The smallest absolute Gasteiger partial charge is 0.321 e. The lowest BCUT2D eigenvalue weighted by Gasteiger charge is -2.17. The van der Waals surface area contributed by atoms with E-state index < -0.39 is 18.2 Å². The van der Waals surface area contributed by atoms with E-state index in [4.69, 9.17) is 4.74 Å². The first-order chi connectivity index (χ1) is 7.59. The second-order valence-corrected chi connectivity index (χ2v) is 3.11. The lowest BCUT2D eigenvalue weighted by atomic mass is 10.2. The van der Waals surface area contributed by atoms with Crippen molar-refractivity contribution in [1.82, 2.24) is 5.48 Å². The van der Waals surface area contributed by atoms with Gasteiger partial charge in [0, 0.05) is 19.4 Å². The van der Waals surface area contributed by atoms with Gasteiger partial charge in [-0.05, 0) is 0 Å². The minimum atomic E-state index is -0.789. The Morgan fingerprint density at radius 1 is 1.12 bits per heavy atom. The predicted molar refractivity (Wildman–Crippen MR) is 55.9 cm³/mol. The van der Waals surface area contributed by atoms with Gasteiger partial charge in [0.15, 0.2) is 0 Å². The van der Waals surface area contributed by atoms with Crippen LogP contribution in [-0.4, -0.2) is 11.9 Å². The molecule has 1 aromatic rings. The van der Waals surface area contributed by atoms with E-state index in [1.807, 2.05) is 6.07 Å². The first-order valence-electron chi connectivity index (χ1n) is 4.74. The Kier molecular flexibility index (Phi) is 4.47. The second-order valence-electron chi connectivity index (χ2n) is 3.11. The molecule has 86 valence electrons. The van der Waals surface area contributed by atoms with Gasteiger partial charge in [-0.15, -0.1) is 5.48 Å². The number of hydroxylamine groups is 1. The number of carbonyl (C=O) groups is 2. The molecule has 0 aliphatic carbocycles. The molecule has 0 radical (unpaired) electrons. The molecule has 0 heterocycles. The molecule has 1 rings (SSSR count). The van der Waals surface area contributed by atoms with E-state index in [0.717, 1.165) is 0 Å². The van der Waals surface area contributed by atoms with Gasteiger partial charge < -0.3 is 9.57 Å². The second kappa shape index (κ2) is 5.87. The van der Waals surface area contributed by atoms with Crippen molar-refractivity contribution in [2.75, 3.05) is 0 Å². The standard InChI is InChI=1S/C11H13NO4/c1-8(13)15-11(12-16-9(2)14)10-6-4-3-5-7-10/h3-7,11-12H,1-2H3. The van der Waals surface area contributed by atoms with E-state index in [9.17, 15) is 9.59 Å². The van der Waals surface area contributed by atoms with Crippen molar-refractivity contribution in [2.45, 2.75) is 20.1 Å². The Morgan fingerprint density at radius 2 is 1.75 bits per heavy atom. The van der Waals surface area contributed by atoms with Crippen LogP contribution >= 0.6 is 0 Å². The number of benzene rings is 1. The minimum absolute atomic E-state index is 0.464. The minimum Gasteiger partial charge on any atom is -0.439 e. The highest BCUT2D eigenvalue weighted by molar-refractivity contribution is 5.66. The van der Waals surface area contributed by atoms with Gasteiger partial charge in [0.2, 0.25) is 6.23 Å². The molecular formula is C11H13NO4. The van der Waals surface area contributed by atoms with Crippen molar-refractivity contribution < 1.29 is 19.2 Å². The molecule has 1 N–H and O–H groups in total. The first kappa shape index (κ1) is 12.2. The van der Waals surface area contributed by atoms with Crippen molar-refractivity contribution in [3.8, 4) is 0 Å². The summed E-state index contributed by atoms with van der Waals surface area (Å²) in [5, 5.41) is 0. The maximum Gasteiger partial charge on any atom is 0.321 e. The van der Waals surface area contributed by atoms with E-state index in [2.05, 4.69) is 10.3 Å². The number of hydrogen-bond donors (Lipinski definition) is 1. The molecule has 0 aliphatic heterocycles. The summed E-state index contributed by atoms with van der Waals surface area (Å²) in [6, 6.07) is 8.93. The predicted octanol–water partition coefficient (Wildman–Crippen LogP) is 1.32. The van der Waals surface area contributed by atoms with Gasteiger partial charge in [-0.2, -0.15) is 0 Å². The third-order valence-electron chi connectivity index (χ3n) is 1.70. The number of carbonyl (C=O) groups excluding carboxylic acids is 2. The highest BCUT2D eigenvalue weighted by atomic mass is 16.7. The molecule has 1 aromatic carbocycles. The summed E-state index contributed by atoms with van der Waals surface area (Å²) in [6.07, 6.45) is -0.789. The highest BCUT2D eigenvalue weighted by Gasteiger charge is 2.15. The van der Waals surface area contributed by atoms with Gasteiger partial charge in [0.05, 0.1) is 0 Å². The van der Waals surface area contributed by atoms with E-state index in [-0.39, 0.29) is 0 Å². The Balaban J connectivity index is 2.71. The summed E-state index contributed by atoms with van der Waals surface area (Å²) in [5.41, 5.74) is 3.07. The molecule has 0 bridgehead atoms. The van der Waals surface area contributed by atoms with Crippen molar-refractivity contribution in [1.29, 1.82) is 0 Å². The number of rotatable bonds is 4. The molecule has 0 fully saturated rings. The van der Waals surface area contributed by atoms with Crippen LogP contribution in [-0.2, 0) is 19.2 Å². The number of nitrogens with one attached hydrogen (secondary N) is 1. The quantitative estimate of drug-likeness (QED) is 0.473. The van der Waals surface area contributed by atoms with Crippen LogP contribution in [0.3, 0.4) is 0 Å². The van der Waals surface area contributed by atoms with Crippen molar-refractivity contribution >= 4 is 11.9 Å². The Morgan fingerprint density at radius 3 is 2.25 bits per heavy atom. The molecule has 0 aromatic heterocycles. The Labute approximate surface area is 93.3 Å². The zero-order valence-corrected chi connectivity index (χ0v) is 9.10. The molecular weight excluding hydrogens is 210 g/mol. The third kappa shape index (κ3) is 4.10. The van der Waals surface area contributed by atoms with E-state index in [0.29, 0.717) is 5.56 Å². The maximum absolute atomic E-state index is 10.9. The average molecular weight is 223 g/mol. The van der Waals surface area contributed by atoms with E-state index >= 15 is 0 Å². The molecule has 0 saturated carbocycles. The fourth-order valence-electron chi connectivity index (χ4n) is 1.09. The van der Waals surface area contributed by atoms with Gasteiger partial charge >= 0.3 is 11.9 Å². The number of hydrogen-bond acceptors (Lipinski definition) is 5. The molecule has 1 unspecified atom stereocenters. The SMILES string of the molecule is CC(=O)ONC(OC(C)=O)c1ccccc1. The lowest BCUT2D eigenvalue weighted by molar-refractivity contribution is -0.170. The average Bonchev–Trinajstić information content (AvgIpc) is 2.25. The first-order valence-corrected chi connectivity index (χ1v) is 4.74. The van der Waals surface area contributed by atoms with Gasteiger partial charge in [0.1, 0.15) is 0 Å². The zero-order chi connectivity index (χ0) is 12.0. The zero-order valence-electron chi connectivity index (χ0n) is 9.10. The summed E-state index contributed by atoms with van der Waals surface area (Å²) in [7, 11) is 0. The van der Waals surface area contributed by atoms with Crippen LogP contribution in [0.15, 0.2) is 30.3 Å². The van der Waals surface area contributed by atoms with Crippen molar-refractivity contribution in [3.05, 3.63) is 35.9 Å². The monoisotopic (exact) mass is 223 g/mol. The fourth-order valence-corrected chi connectivity index (χ4v) is 1.09. The summed E-state index contributed by atoms with van der Waals surface area (Å²) in [4.78, 5) is 26.1. The van der Waals surface area contributed by atoms with Crippen LogP contribution in [0.1, 0.15) is 25.6 Å². The topological polar surface area (TPSA) is 64.6 Å². The normalized spacial score (nSPS) is 11.6. The molecule has 0 amide bonds. The van der Waals surface area contributed by atoms with Crippen LogP contribution in [0.2, 0.25) is 0 Å². The van der Waals surface area contributed by atoms with Crippen LogP contribution in [0.4, 0.5) is 0 Å². The largest absolute Gasteiger partial charge is 0.439 e. The van der Waals surface area contributed by atoms with Gasteiger partial charge in [-0.1, -0.05) is 30.3 Å². The van der Waals surface area contributed by atoms with E-state index in [1.165, 1.54) is 13.8 Å². The highest BCUT2D eigenvalue weighted by Crippen LogP contribution is 2.13. The molecule has 0 spiro atoms. The maximum atomic E-state index is 10.9. The molecule has 5 heteroatoms. The third-order valence-corrected chi connectivity index (χ3v) is 1.70. The van der Waals surface area contributed by atoms with Gasteiger partial charge in [0.25, 0.3) is 0 Å². The molecule has 0 saturated heterocycles. The molecule has 16 heavy (non-hydrogen) atoms. The summed E-state index contributed by atoms with van der Waals surface area (Å²) >= 11 is 0. The summed E-state index contributed by atoms with van der Waals surface area (Å²) in [6.45, 7) is 2.54. The van der Waals surface area contributed by atoms with Crippen LogP contribution in [0.5, 0.6) is 0 Å². The van der Waals surface area contributed by atoms with Crippen molar-refractivity contribution in [2.24, 2.45) is 0 Å². The van der Waals surface area contributed by atoms with Gasteiger partial charge in [-0.3, -0.25) is 9.59 Å². The summed E-state index contributed by atoms with van der Waals surface area (Å²) in [5.74, 6) is -0.971.